The Labute approximate surface area is 183 Å². The molecule has 0 aliphatic heterocycles. The lowest BCUT2D eigenvalue weighted by Gasteiger charge is -2.23. The molecule has 3 aromatic carbocycles. The van der Waals surface area contributed by atoms with E-state index in [9.17, 15) is 19.8 Å². The SMILES string of the molecule is CCC(CC)Cc1cccc(C(c2cc(C=O)ccc2O)c2cc(C=O)ccc2O)c1. The first kappa shape index (κ1) is 22.3. The van der Waals surface area contributed by atoms with Crippen molar-refractivity contribution in [3.63, 3.8) is 0 Å². The van der Waals surface area contributed by atoms with Gasteiger partial charge in [0.25, 0.3) is 0 Å². The van der Waals surface area contributed by atoms with Crippen molar-refractivity contribution in [2.24, 2.45) is 5.92 Å². The van der Waals surface area contributed by atoms with Gasteiger partial charge in [0.1, 0.15) is 24.1 Å². The molecule has 3 rings (SSSR count). The molecular formula is C27H28O4. The molecule has 0 aliphatic rings. The van der Waals surface area contributed by atoms with Crippen LogP contribution >= 0.6 is 0 Å². The fourth-order valence-electron chi connectivity index (χ4n) is 4.09. The average molecular weight is 417 g/mol. The summed E-state index contributed by atoms with van der Waals surface area (Å²) >= 11 is 0. The van der Waals surface area contributed by atoms with E-state index in [1.165, 1.54) is 17.7 Å². The fourth-order valence-corrected chi connectivity index (χ4v) is 4.09. The van der Waals surface area contributed by atoms with Gasteiger partial charge in [-0.1, -0.05) is 51.0 Å². The molecule has 0 saturated carbocycles. The first-order valence-corrected chi connectivity index (χ1v) is 10.7. The van der Waals surface area contributed by atoms with Gasteiger partial charge in [0.2, 0.25) is 0 Å². The van der Waals surface area contributed by atoms with Crippen LogP contribution in [0.1, 0.15) is 75.6 Å². The maximum absolute atomic E-state index is 11.4. The van der Waals surface area contributed by atoms with E-state index in [2.05, 4.69) is 26.0 Å². The Morgan fingerprint density at radius 2 is 1.32 bits per heavy atom. The molecule has 0 fully saturated rings. The Kier molecular flexibility index (Phi) is 7.24. The normalized spacial score (nSPS) is 11.1. The molecule has 160 valence electrons. The molecule has 31 heavy (non-hydrogen) atoms. The molecule has 0 spiro atoms. The van der Waals surface area contributed by atoms with E-state index in [0.29, 0.717) is 28.2 Å². The van der Waals surface area contributed by atoms with Gasteiger partial charge in [0.05, 0.1) is 0 Å². The van der Waals surface area contributed by atoms with Crippen LogP contribution in [0.3, 0.4) is 0 Å². The van der Waals surface area contributed by atoms with Crippen molar-refractivity contribution >= 4 is 12.6 Å². The third-order valence-electron chi connectivity index (χ3n) is 5.96. The minimum atomic E-state index is -0.540. The van der Waals surface area contributed by atoms with Crippen LogP contribution in [-0.2, 0) is 6.42 Å². The third-order valence-corrected chi connectivity index (χ3v) is 5.96. The van der Waals surface area contributed by atoms with Crippen molar-refractivity contribution in [1.82, 2.24) is 0 Å². The summed E-state index contributed by atoms with van der Waals surface area (Å²) in [6.45, 7) is 4.37. The monoisotopic (exact) mass is 416 g/mol. The maximum Gasteiger partial charge on any atom is 0.150 e. The molecule has 0 heterocycles. The standard InChI is InChI=1S/C27H28O4/c1-3-18(4-2)12-19-6-5-7-22(13-19)27(23-14-20(16-28)8-10-25(23)30)24-15-21(17-29)9-11-26(24)31/h5-11,13-18,27,30-31H,3-4,12H2,1-2H3. The van der Waals surface area contributed by atoms with Crippen LogP contribution in [0.5, 0.6) is 11.5 Å². The number of carbonyl (C=O) groups excluding carboxylic acids is 2. The lowest BCUT2D eigenvalue weighted by molar-refractivity contribution is 0.111. The number of phenols is 2. The maximum atomic E-state index is 11.4. The summed E-state index contributed by atoms with van der Waals surface area (Å²) in [6, 6.07) is 17.4. The summed E-state index contributed by atoms with van der Waals surface area (Å²) in [5.41, 5.74) is 3.91. The highest BCUT2D eigenvalue weighted by molar-refractivity contribution is 5.77. The second kappa shape index (κ2) is 10.1. The number of benzene rings is 3. The van der Waals surface area contributed by atoms with Crippen molar-refractivity contribution in [1.29, 1.82) is 0 Å². The van der Waals surface area contributed by atoms with Gasteiger partial charge in [0, 0.05) is 28.2 Å². The number of rotatable bonds is 9. The van der Waals surface area contributed by atoms with Crippen LogP contribution in [0.4, 0.5) is 0 Å². The number of phenolic OH excluding ortho intramolecular Hbond substituents is 2. The predicted octanol–water partition coefficient (Wildman–Crippen LogP) is 5.88. The highest BCUT2D eigenvalue weighted by atomic mass is 16.3. The second-order valence-corrected chi connectivity index (χ2v) is 7.94. The zero-order chi connectivity index (χ0) is 22.4. The molecule has 4 nitrogen and oxygen atoms in total. The van der Waals surface area contributed by atoms with Crippen LogP contribution in [0.15, 0.2) is 60.7 Å². The third kappa shape index (κ3) is 5.02. The Bertz CT molecular complexity index is 1010. The topological polar surface area (TPSA) is 74.6 Å². The van der Waals surface area contributed by atoms with E-state index < -0.39 is 5.92 Å². The van der Waals surface area contributed by atoms with E-state index >= 15 is 0 Å². The quantitative estimate of drug-likeness (QED) is 0.337. The minimum Gasteiger partial charge on any atom is -0.508 e. The van der Waals surface area contributed by atoms with E-state index in [1.54, 1.807) is 24.3 Å². The van der Waals surface area contributed by atoms with Crippen LogP contribution in [0.25, 0.3) is 0 Å². The summed E-state index contributed by atoms with van der Waals surface area (Å²) in [7, 11) is 0. The van der Waals surface area contributed by atoms with Crippen LogP contribution in [0, 0.1) is 5.92 Å². The van der Waals surface area contributed by atoms with Gasteiger partial charge in [0.15, 0.2) is 0 Å². The van der Waals surface area contributed by atoms with Crippen LogP contribution < -0.4 is 0 Å². The zero-order valence-electron chi connectivity index (χ0n) is 17.9. The average Bonchev–Trinajstić information content (AvgIpc) is 2.80. The van der Waals surface area contributed by atoms with E-state index in [1.807, 2.05) is 12.1 Å². The molecule has 0 atom stereocenters. The Morgan fingerprint density at radius 1 is 0.774 bits per heavy atom. The van der Waals surface area contributed by atoms with Gasteiger partial charge in [-0.2, -0.15) is 0 Å². The first-order valence-electron chi connectivity index (χ1n) is 10.7. The van der Waals surface area contributed by atoms with Crippen LogP contribution in [0.2, 0.25) is 0 Å². The van der Waals surface area contributed by atoms with Gasteiger partial charge in [-0.15, -0.1) is 0 Å². The molecule has 0 aliphatic carbocycles. The molecule has 0 unspecified atom stereocenters. The summed E-state index contributed by atoms with van der Waals surface area (Å²) < 4.78 is 0. The lowest BCUT2D eigenvalue weighted by Crippen LogP contribution is -2.08. The van der Waals surface area contributed by atoms with Crippen molar-refractivity contribution in [2.75, 3.05) is 0 Å². The minimum absolute atomic E-state index is 0.0249. The molecule has 4 heteroatoms. The number of aromatic hydroxyl groups is 2. The molecule has 3 aromatic rings. The van der Waals surface area contributed by atoms with Crippen molar-refractivity contribution in [2.45, 2.75) is 39.0 Å². The second-order valence-electron chi connectivity index (χ2n) is 7.94. The largest absolute Gasteiger partial charge is 0.508 e. The Hall–Kier alpha value is -3.40. The smallest absolute Gasteiger partial charge is 0.150 e. The van der Waals surface area contributed by atoms with Crippen molar-refractivity contribution in [3.05, 3.63) is 94.0 Å². The van der Waals surface area contributed by atoms with Gasteiger partial charge in [-0.25, -0.2) is 0 Å². The van der Waals surface area contributed by atoms with Gasteiger partial charge < -0.3 is 10.2 Å². The number of aldehydes is 2. The summed E-state index contributed by atoms with van der Waals surface area (Å²) in [5.74, 6) is 0.0857. The first-order chi connectivity index (χ1) is 15.0. The highest BCUT2D eigenvalue weighted by Gasteiger charge is 2.24. The Morgan fingerprint density at radius 3 is 1.81 bits per heavy atom. The number of carbonyl (C=O) groups is 2. The van der Waals surface area contributed by atoms with E-state index in [0.717, 1.165) is 37.4 Å². The fraction of sp³-hybridized carbons (Fsp3) is 0.259. The number of hydrogen-bond donors (Lipinski definition) is 2. The zero-order valence-corrected chi connectivity index (χ0v) is 17.9. The summed E-state index contributed by atoms with van der Waals surface area (Å²) in [4.78, 5) is 22.8. The lowest BCUT2D eigenvalue weighted by atomic mass is 9.82. The molecule has 2 N–H and O–H groups in total. The molecular weight excluding hydrogens is 388 g/mol. The molecule has 0 amide bonds. The number of hydrogen-bond acceptors (Lipinski definition) is 4. The van der Waals surface area contributed by atoms with E-state index in [4.69, 9.17) is 0 Å². The van der Waals surface area contributed by atoms with Crippen molar-refractivity contribution < 1.29 is 19.8 Å². The Balaban J connectivity index is 2.21. The van der Waals surface area contributed by atoms with Crippen molar-refractivity contribution in [3.8, 4) is 11.5 Å². The van der Waals surface area contributed by atoms with Crippen LogP contribution in [-0.4, -0.2) is 22.8 Å². The molecule has 0 saturated heterocycles. The van der Waals surface area contributed by atoms with Gasteiger partial charge in [-0.3, -0.25) is 9.59 Å². The summed E-state index contributed by atoms with van der Waals surface area (Å²) in [6.07, 6.45) is 4.58. The molecule has 0 bridgehead atoms. The van der Waals surface area contributed by atoms with E-state index in [-0.39, 0.29) is 11.5 Å². The molecule has 0 aromatic heterocycles. The predicted molar refractivity (Wildman–Crippen MR) is 122 cm³/mol. The van der Waals surface area contributed by atoms with Gasteiger partial charge in [-0.05, 0) is 59.9 Å². The molecule has 0 radical (unpaired) electrons. The highest BCUT2D eigenvalue weighted by Crippen LogP contribution is 2.41. The van der Waals surface area contributed by atoms with Gasteiger partial charge >= 0.3 is 0 Å². The summed E-state index contributed by atoms with van der Waals surface area (Å²) in [5, 5.41) is 21.3.